The monoisotopic (exact) mass is 314 g/mol. The summed E-state index contributed by atoms with van der Waals surface area (Å²) in [6.45, 7) is 6.91. The SMILES string of the molecule is CCc1ccc(C(C)NC(=NC)NCc2cc(CC)no2)cc1. The molecule has 5 nitrogen and oxygen atoms in total. The Morgan fingerprint density at radius 2 is 1.96 bits per heavy atom. The van der Waals surface area contributed by atoms with Crippen LogP contribution in [-0.2, 0) is 19.4 Å². The molecule has 1 heterocycles. The maximum atomic E-state index is 5.27. The number of aryl methyl sites for hydroxylation is 2. The summed E-state index contributed by atoms with van der Waals surface area (Å²) in [5.74, 6) is 1.55. The minimum absolute atomic E-state index is 0.174. The second-order valence-electron chi connectivity index (χ2n) is 5.53. The average Bonchev–Trinajstić information content (AvgIpc) is 3.06. The first kappa shape index (κ1) is 17.1. The van der Waals surface area contributed by atoms with Crippen LogP contribution in [0.3, 0.4) is 0 Å². The maximum absolute atomic E-state index is 5.27. The zero-order valence-corrected chi connectivity index (χ0v) is 14.4. The van der Waals surface area contributed by atoms with Crippen molar-refractivity contribution in [3.8, 4) is 0 Å². The van der Waals surface area contributed by atoms with E-state index in [1.54, 1.807) is 7.05 Å². The zero-order valence-electron chi connectivity index (χ0n) is 14.4. The fourth-order valence-corrected chi connectivity index (χ4v) is 2.30. The van der Waals surface area contributed by atoms with Crippen molar-refractivity contribution in [1.29, 1.82) is 0 Å². The van der Waals surface area contributed by atoms with Crippen LogP contribution in [-0.4, -0.2) is 18.2 Å². The van der Waals surface area contributed by atoms with Gasteiger partial charge in [0.15, 0.2) is 11.7 Å². The van der Waals surface area contributed by atoms with Gasteiger partial charge in [0.05, 0.1) is 18.3 Å². The fourth-order valence-electron chi connectivity index (χ4n) is 2.30. The topological polar surface area (TPSA) is 62.5 Å². The Hall–Kier alpha value is -2.30. The number of hydrogen-bond acceptors (Lipinski definition) is 3. The number of nitrogens with zero attached hydrogens (tertiary/aromatic N) is 2. The zero-order chi connectivity index (χ0) is 16.7. The van der Waals surface area contributed by atoms with Crippen molar-refractivity contribution in [2.45, 2.75) is 46.2 Å². The van der Waals surface area contributed by atoms with Crippen LogP contribution < -0.4 is 10.6 Å². The van der Waals surface area contributed by atoms with E-state index in [9.17, 15) is 0 Å². The third kappa shape index (κ3) is 4.84. The first-order valence-electron chi connectivity index (χ1n) is 8.16. The van der Waals surface area contributed by atoms with E-state index in [0.29, 0.717) is 6.54 Å². The maximum Gasteiger partial charge on any atom is 0.191 e. The molecule has 2 aromatic rings. The van der Waals surface area contributed by atoms with Crippen LogP contribution in [0.2, 0.25) is 0 Å². The third-order valence-corrected chi connectivity index (χ3v) is 3.86. The van der Waals surface area contributed by atoms with Crippen LogP contribution in [0.5, 0.6) is 0 Å². The molecule has 0 aliphatic heterocycles. The molecule has 0 radical (unpaired) electrons. The first-order chi connectivity index (χ1) is 11.2. The van der Waals surface area contributed by atoms with Crippen LogP contribution >= 0.6 is 0 Å². The van der Waals surface area contributed by atoms with Gasteiger partial charge in [0.25, 0.3) is 0 Å². The lowest BCUT2D eigenvalue weighted by molar-refractivity contribution is 0.374. The number of hydrogen-bond donors (Lipinski definition) is 2. The number of aromatic nitrogens is 1. The van der Waals surface area contributed by atoms with Gasteiger partial charge in [0, 0.05) is 13.1 Å². The van der Waals surface area contributed by atoms with E-state index in [-0.39, 0.29) is 6.04 Å². The molecule has 0 amide bonds. The Bertz CT molecular complexity index is 631. The summed E-state index contributed by atoms with van der Waals surface area (Å²) >= 11 is 0. The third-order valence-electron chi connectivity index (χ3n) is 3.86. The van der Waals surface area contributed by atoms with Gasteiger partial charge < -0.3 is 15.2 Å². The summed E-state index contributed by atoms with van der Waals surface area (Å²) in [5.41, 5.74) is 3.55. The molecule has 2 rings (SSSR count). The van der Waals surface area contributed by atoms with Crippen molar-refractivity contribution in [3.63, 3.8) is 0 Å². The van der Waals surface area contributed by atoms with Gasteiger partial charge in [-0.3, -0.25) is 4.99 Å². The van der Waals surface area contributed by atoms with Crippen LogP contribution in [0.15, 0.2) is 39.8 Å². The predicted molar refractivity (Wildman–Crippen MR) is 93.5 cm³/mol. The molecule has 1 atom stereocenters. The largest absolute Gasteiger partial charge is 0.359 e. The molecule has 1 unspecified atom stereocenters. The lowest BCUT2D eigenvalue weighted by Crippen LogP contribution is -2.38. The molecule has 0 fully saturated rings. The minimum Gasteiger partial charge on any atom is -0.359 e. The highest BCUT2D eigenvalue weighted by molar-refractivity contribution is 5.80. The molecular formula is C18H26N4O. The number of aliphatic imine (C=N–C) groups is 1. The summed E-state index contributed by atoms with van der Waals surface area (Å²) in [6.07, 6.45) is 1.93. The Balaban J connectivity index is 1.90. The quantitative estimate of drug-likeness (QED) is 0.635. The van der Waals surface area contributed by atoms with E-state index < -0.39 is 0 Å². The Morgan fingerprint density at radius 1 is 1.22 bits per heavy atom. The lowest BCUT2D eigenvalue weighted by Gasteiger charge is -2.18. The van der Waals surface area contributed by atoms with Crippen LogP contribution in [0.25, 0.3) is 0 Å². The van der Waals surface area contributed by atoms with Gasteiger partial charge in [-0.05, 0) is 30.9 Å². The normalized spacial score (nSPS) is 13.0. The minimum atomic E-state index is 0.174. The Kier molecular flexibility index (Phi) is 6.20. The molecular weight excluding hydrogens is 288 g/mol. The molecule has 0 spiro atoms. The number of rotatable bonds is 6. The first-order valence-corrected chi connectivity index (χ1v) is 8.16. The Labute approximate surface area is 138 Å². The van der Waals surface area contributed by atoms with Gasteiger partial charge in [-0.2, -0.15) is 0 Å². The highest BCUT2D eigenvalue weighted by Gasteiger charge is 2.09. The van der Waals surface area contributed by atoms with Crippen molar-refractivity contribution in [1.82, 2.24) is 15.8 Å². The van der Waals surface area contributed by atoms with E-state index in [1.165, 1.54) is 11.1 Å². The van der Waals surface area contributed by atoms with E-state index >= 15 is 0 Å². The standard InChI is InChI=1S/C18H26N4O/c1-5-14-7-9-15(10-8-14)13(3)21-18(19-4)20-12-17-11-16(6-2)22-23-17/h7-11,13H,5-6,12H2,1-4H3,(H2,19,20,21). The smallest absolute Gasteiger partial charge is 0.191 e. The molecule has 0 saturated carbocycles. The van der Waals surface area contributed by atoms with E-state index in [2.05, 4.69) is 65.8 Å². The fraction of sp³-hybridized carbons (Fsp3) is 0.444. The van der Waals surface area contributed by atoms with Crippen LogP contribution in [0.4, 0.5) is 0 Å². The summed E-state index contributed by atoms with van der Waals surface area (Å²) in [5, 5.41) is 10.6. The number of benzene rings is 1. The average molecular weight is 314 g/mol. The second kappa shape index (κ2) is 8.36. The molecule has 0 bridgehead atoms. The second-order valence-corrected chi connectivity index (χ2v) is 5.53. The van der Waals surface area contributed by atoms with Crippen molar-refractivity contribution >= 4 is 5.96 Å². The summed E-state index contributed by atoms with van der Waals surface area (Å²) in [6, 6.07) is 10.8. The van der Waals surface area contributed by atoms with E-state index in [0.717, 1.165) is 30.3 Å². The van der Waals surface area contributed by atoms with E-state index in [1.807, 2.05) is 6.07 Å². The van der Waals surface area contributed by atoms with Crippen LogP contribution in [0, 0.1) is 0 Å². The van der Waals surface area contributed by atoms with Crippen molar-refractivity contribution < 1.29 is 4.52 Å². The van der Waals surface area contributed by atoms with Gasteiger partial charge in [0.2, 0.25) is 0 Å². The molecule has 1 aromatic heterocycles. The van der Waals surface area contributed by atoms with Crippen molar-refractivity contribution in [3.05, 3.63) is 52.9 Å². The lowest BCUT2D eigenvalue weighted by atomic mass is 10.1. The molecule has 0 aliphatic rings. The van der Waals surface area contributed by atoms with Gasteiger partial charge >= 0.3 is 0 Å². The van der Waals surface area contributed by atoms with Gasteiger partial charge in [-0.25, -0.2) is 0 Å². The van der Waals surface area contributed by atoms with Crippen molar-refractivity contribution in [2.75, 3.05) is 7.05 Å². The van der Waals surface area contributed by atoms with Crippen molar-refractivity contribution in [2.24, 2.45) is 4.99 Å². The Morgan fingerprint density at radius 3 is 2.52 bits per heavy atom. The van der Waals surface area contributed by atoms with E-state index in [4.69, 9.17) is 4.52 Å². The molecule has 23 heavy (non-hydrogen) atoms. The molecule has 0 aliphatic carbocycles. The molecule has 5 heteroatoms. The summed E-state index contributed by atoms with van der Waals surface area (Å²) in [4.78, 5) is 4.26. The number of nitrogens with one attached hydrogen (secondary N) is 2. The van der Waals surface area contributed by atoms with Gasteiger partial charge in [-0.15, -0.1) is 0 Å². The highest BCUT2D eigenvalue weighted by Crippen LogP contribution is 2.13. The molecule has 1 aromatic carbocycles. The molecule has 2 N–H and O–H groups in total. The summed E-state index contributed by atoms with van der Waals surface area (Å²) in [7, 11) is 1.76. The number of guanidine groups is 1. The predicted octanol–water partition coefficient (Wildman–Crippen LogP) is 3.23. The highest BCUT2D eigenvalue weighted by atomic mass is 16.5. The molecule has 0 saturated heterocycles. The van der Waals surface area contributed by atoms with Gasteiger partial charge in [-0.1, -0.05) is 43.3 Å². The molecule has 124 valence electrons. The summed E-state index contributed by atoms with van der Waals surface area (Å²) < 4.78 is 5.27. The van der Waals surface area contributed by atoms with Crippen LogP contribution in [0.1, 0.15) is 49.4 Å². The van der Waals surface area contributed by atoms with Gasteiger partial charge in [0.1, 0.15) is 0 Å².